The summed E-state index contributed by atoms with van der Waals surface area (Å²) in [4.78, 5) is 14.0. The van der Waals surface area contributed by atoms with Gasteiger partial charge >= 0.3 is 5.97 Å². The van der Waals surface area contributed by atoms with Gasteiger partial charge in [-0.3, -0.25) is 0 Å². The van der Waals surface area contributed by atoms with Crippen LogP contribution in [0.15, 0.2) is 24.4 Å². The van der Waals surface area contributed by atoms with Gasteiger partial charge in [-0.1, -0.05) is 0 Å². The summed E-state index contributed by atoms with van der Waals surface area (Å²) in [5, 5.41) is 1.04. The van der Waals surface area contributed by atoms with Gasteiger partial charge in [-0.25, -0.2) is 4.79 Å². The first-order chi connectivity index (χ1) is 6.83. The van der Waals surface area contributed by atoms with Crippen LogP contribution in [-0.2, 0) is 4.79 Å². The fraction of sp³-hybridized carbons (Fsp3) is 0.100. The summed E-state index contributed by atoms with van der Waals surface area (Å²) in [5.41, 5.74) is 0.932. The van der Waals surface area contributed by atoms with Crippen molar-refractivity contribution in [3.63, 3.8) is 0 Å². The zero-order valence-corrected chi connectivity index (χ0v) is 7.24. The molecule has 0 amide bonds. The maximum absolute atomic E-state index is 10.9. The Labute approximate surface area is 79.4 Å². The smallest absolute Gasteiger partial charge is 0.349 e. The standard InChI is InChI=1S/C10H7NO3/c12-10-5-13-8-3-6-1-2-11-7(6)4-9(8)14-10/h1-4,11H,5H2. The fourth-order valence-electron chi connectivity index (χ4n) is 1.54. The molecule has 70 valence electrons. The van der Waals surface area contributed by atoms with Crippen LogP contribution in [0.5, 0.6) is 11.5 Å². The molecule has 0 bridgehead atoms. The highest BCUT2D eigenvalue weighted by molar-refractivity contribution is 5.86. The molecule has 1 N–H and O–H groups in total. The normalized spacial score (nSPS) is 14.7. The molecule has 3 rings (SSSR count). The Balaban J connectivity index is 2.24. The van der Waals surface area contributed by atoms with E-state index in [0.717, 1.165) is 10.9 Å². The minimum Gasteiger partial charge on any atom is -0.478 e. The molecule has 0 atom stereocenters. The van der Waals surface area contributed by atoms with Crippen molar-refractivity contribution < 1.29 is 14.3 Å². The first-order valence-electron chi connectivity index (χ1n) is 4.27. The van der Waals surface area contributed by atoms with Gasteiger partial charge in [-0.2, -0.15) is 0 Å². The van der Waals surface area contributed by atoms with Crippen LogP contribution in [0.4, 0.5) is 0 Å². The Kier molecular flexibility index (Phi) is 1.33. The molecule has 0 saturated carbocycles. The van der Waals surface area contributed by atoms with Crippen LogP contribution >= 0.6 is 0 Å². The Bertz CT molecular complexity index is 515. The maximum atomic E-state index is 10.9. The summed E-state index contributed by atoms with van der Waals surface area (Å²) in [6.07, 6.45) is 1.83. The van der Waals surface area contributed by atoms with Crippen LogP contribution in [0.25, 0.3) is 10.9 Å². The minimum atomic E-state index is -0.358. The second-order valence-electron chi connectivity index (χ2n) is 3.13. The number of hydrogen-bond acceptors (Lipinski definition) is 3. The zero-order chi connectivity index (χ0) is 9.54. The molecule has 0 spiro atoms. The first kappa shape index (κ1) is 7.44. The number of benzene rings is 1. The van der Waals surface area contributed by atoms with Gasteiger partial charge < -0.3 is 14.5 Å². The summed E-state index contributed by atoms with van der Waals surface area (Å²) < 4.78 is 10.3. The topological polar surface area (TPSA) is 51.3 Å². The third-order valence-electron chi connectivity index (χ3n) is 2.19. The lowest BCUT2D eigenvalue weighted by Gasteiger charge is -2.16. The van der Waals surface area contributed by atoms with Gasteiger partial charge in [-0.05, 0) is 12.1 Å². The van der Waals surface area contributed by atoms with Gasteiger partial charge in [0.2, 0.25) is 0 Å². The molecule has 0 aliphatic carbocycles. The van der Waals surface area contributed by atoms with Crippen molar-refractivity contribution in [2.75, 3.05) is 6.61 Å². The summed E-state index contributed by atoms with van der Waals surface area (Å²) in [6, 6.07) is 5.56. The minimum absolute atomic E-state index is 0.0110. The number of esters is 1. The lowest BCUT2D eigenvalue weighted by atomic mass is 10.2. The number of aromatic nitrogens is 1. The molecule has 0 radical (unpaired) electrons. The SMILES string of the molecule is O=C1COc2cc3cc[nH]c3cc2O1. The molecule has 14 heavy (non-hydrogen) atoms. The van der Waals surface area contributed by atoms with Gasteiger partial charge in [-0.15, -0.1) is 0 Å². The van der Waals surface area contributed by atoms with Crippen LogP contribution in [0.2, 0.25) is 0 Å². The van der Waals surface area contributed by atoms with E-state index >= 15 is 0 Å². The molecular formula is C10H7NO3. The number of H-pyrrole nitrogens is 1. The number of carbonyl (C=O) groups is 1. The number of carbonyl (C=O) groups excluding carboxylic acids is 1. The van der Waals surface area contributed by atoms with E-state index in [1.54, 1.807) is 6.07 Å². The molecule has 1 aliphatic heterocycles. The molecule has 0 fully saturated rings. The number of ether oxygens (including phenoxy) is 2. The lowest BCUT2D eigenvalue weighted by molar-refractivity contribution is -0.138. The summed E-state index contributed by atoms with van der Waals surface area (Å²) in [7, 11) is 0. The first-order valence-corrected chi connectivity index (χ1v) is 4.27. The second-order valence-corrected chi connectivity index (χ2v) is 3.13. The van der Waals surface area contributed by atoms with E-state index in [1.165, 1.54) is 0 Å². The monoisotopic (exact) mass is 189 g/mol. The molecule has 1 aromatic heterocycles. The predicted octanol–water partition coefficient (Wildman–Crippen LogP) is 1.47. The van der Waals surface area contributed by atoms with E-state index in [4.69, 9.17) is 9.47 Å². The van der Waals surface area contributed by atoms with Crippen molar-refractivity contribution in [3.05, 3.63) is 24.4 Å². The van der Waals surface area contributed by atoms with Crippen LogP contribution in [0.1, 0.15) is 0 Å². The average Bonchev–Trinajstić information content (AvgIpc) is 2.61. The van der Waals surface area contributed by atoms with Gasteiger partial charge in [0.1, 0.15) is 0 Å². The van der Waals surface area contributed by atoms with Crippen molar-refractivity contribution in [2.45, 2.75) is 0 Å². The van der Waals surface area contributed by atoms with Crippen LogP contribution in [0.3, 0.4) is 0 Å². The molecule has 0 unspecified atom stereocenters. The van der Waals surface area contributed by atoms with Crippen molar-refractivity contribution in [1.29, 1.82) is 0 Å². The second kappa shape index (κ2) is 2.51. The van der Waals surface area contributed by atoms with Crippen molar-refractivity contribution >= 4 is 16.9 Å². The number of aromatic amines is 1. The number of hydrogen-bond donors (Lipinski definition) is 1. The van der Waals surface area contributed by atoms with Crippen LogP contribution in [0, 0.1) is 0 Å². The summed E-state index contributed by atoms with van der Waals surface area (Å²) >= 11 is 0. The van der Waals surface area contributed by atoms with E-state index in [-0.39, 0.29) is 12.6 Å². The van der Waals surface area contributed by atoms with Crippen LogP contribution < -0.4 is 9.47 Å². The van der Waals surface area contributed by atoms with Crippen molar-refractivity contribution in [1.82, 2.24) is 4.98 Å². The third kappa shape index (κ3) is 0.970. The summed E-state index contributed by atoms with van der Waals surface area (Å²) in [6.45, 7) is -0.0110. The van der Waals surface area contributed by atoms with Gasteiger partial charge in [0, 0.05) is 23.2 Å². The maximum Gasteiger partial charge on any atom is 0.349 e. The largest absolute Gasteiger partial charge is 0.478 e. The Morgan fingerprint density at radius 3 is 3.14 bits per heavy atom. The molecule has 0 saturated heterocycles. The third-order valence-corrected chi connectivity index (χ3v) is 2.19. The molecule has 4 nitrogen and oxygen atoms in total. The summed E-state index contributed by atoms with van der Waals surface area (Å²) in [5.74, 6) is 0.747. The van der Waals surface area contributed by atoms with E-state index in [9.17, 15) is 4.79 Å². The molecule has 1 aliphatic rings. The van der Waals surface area contributed by atoms with Crippen LogP contribution in [-0.4, -0.2) is 17.6 Å². The zero-order valence-electron chi connectivity index (χ0n) is 7.24. The predicted molar refractivity (Wildman–Crippen MR) is 49.4 cm³/mol. The van der Waals surface area contributed by atoms with Gasteiger partial charge in [0.25, 0.3) is 0 Å². The number of nitrogens with one attached hydrogen (secondary N) is 1. The van der Waals surface area contributed by atoms with Crippen molar-refractivity contribution in [3.8, 4) is 11.5 Å². The van der Waals surface area contributed by atoms with E-state index < -0.39 is 0 Å². The Morgan fingerprint density at radius 1 is 1.29 bits per heavy atom. The molecule has 2 aromatic rings. The Hall–Kier alpha value is -1.97. The fourth-order valence-corrected chi connectivity index (χ4v) is 1.54. The quantitative estimate of drug-likeness (QED) is 0.504. The highest BCUT2D eigenvalue weighted by atomic mass is 16.6. The van der Waals surface area contributed by atoms with Gasteiger partial charge in [0.15, 0.2) is 18.1 Å². The molecule has 4 heteroatoms. The average molecular weight is 189 g/mol. The molecular weight excluding hydrogens is 182 g/mol. The number of fused-ring (bicyclic) bond motifs is 2. The number of rotatable bonds is 0. The van der Waals surface area contributed by atoms with Gasteiger partial charge in [0.05, 0.1) is 0 Å². The highest BCUT2D eigenvalue weighted by Crippen LogP contribution is 2.34. The molecule has 1 aromatic carbocycles. The van der Waals surface area contributed by atoms with E-state index in [1.807, 2.05) is 18.3 Å². The van der Waals surface area contributed by atoms with Crippen molar-refractivity contribution in [2.24, 2.45) is 0 Å². The Morgan fingerprint density at radius 2 is 2.21 bits per heavy atom. The van der Waals surface area contributed by atoms with E-state index in [2.05, 4.69) is 4.98 Å². The lowest BCUT2D eigenvalue weighted by Crippen LogP contribution is -2.22. The highest BCUT2D eigenvalue weighted by Gasteiger charge is 2.18. The molecule has 2 heterocycles. The van der Waals surface area contributed by atoms with E-state index in [0.29, 0.717) is 11.5 Å².